The van der Waals surface area contributed by atoms with Crippen LogP contribution in [-0.4, -0.2) is 43.9 Å². The molecule has 0 spiro atoms. The quantitative estimate of drug-likeness (QED) is 0.188. The predicted molar refractivity (Wildman–Crippen MR) is 169 cm³/mol. The van der Waals surface area contributed by atoms with Crippen molar-refractivity contribution in [1.82, 2.24) is 9.97 Å². The van der Waals surface area contributed by atoms with Crippen molar-refractivity contribution >= 4 is 43.9 Å². The molecule has 0 bridgehead atoms. The summed E-state index contributed by atoms with van der Waals surface area (Å²) in [7, 11) is -2.20. The van der Waals surface area contributed by atoms with E-state index in [1.165, 1.54) is 7.11 Å². The van der Waals surface area contributed by atoms with Crippen LogP contribution in [0.15, 0.2) is 54.6 Å². The number of aromatic nitrogens is 2. The molecule has 228 valence electrons. The van der Waals surface area contributed by atoms with Crippen LogP contribution in [-0.2, 0) is 15.4 Å². The lowest BCUT2D eigenvalue weighted by Gasteiger charge is -2.24. The first kappa shape index (κ1) is 31.4. The summed E-state index contributed by atoms with van der Waals surface area (Å²) < 4.78 is 43.9. The van der Waals surface area contributed by atoms with E-state index in [0.717, 1.165) is 22.6 Å². The largest absolute Gasteiger partial charge is 0.492 e. The summed E-state index contributed by atoms with van der Waals surface area (Å²) in [5, 5.41) is 7.20. The van der Waals surface area contributed by atoms with E-state index in [2.05, 4.69) is 25.3 Å². The van der Waals surface area contributed by atoms with E-state index in [-0.39, 0.29) is 29.0 Å². The number of amides is 2. The number of ether oxygens (including phenoxy) is 3. The number of carbonyl (C=O) groups excluding carboxylic acids is 1. The Morgan fingerprint density at radius 3 is 2.19 bits per heavy atom. The second-order valence-corrected chi connectivity index (χ2v) is 13.1. The van der Waals surface area contributed by atoms with Gasteiger partial charge >= 0.3 is 12.0 Å². The van der Waals surface area contributed by atoms with E-state index >= 15 is 0 Å². The lowest BCUT2D eigenvalue weighted by Crippen LogP contribution is -2.22. The molecule has 0 fully saturated rings. The molecule has 43 heavy (non-hydrogen) atoms. The van der Waals surface area contributed by atoms with Gasteiger partial charge in [-0.2, -0.15) is 4.98 Å². The van der Waals surface area contributed by atoms with Gasteiger partial charge in [0.25, 0.3) is 0 Å². The van der Waals surface area contributed by atoms with Crippen LogP contribution in [0.2, 0.25) is 0 Å². The molecular formula is C31H37N5O6S. The smallest absolute Gasteiger partial charge is 0.323 e. The monoisotopic (exact) mass is 607 g/mol. The third-order valence-corrected chi connectivity index (χ3v) is 6.79. The number of sulfonamides is 1. The number of methoxy groups -OCH3 is 1. The molecule has 11 nitrogen and oxygen atoms in total. The fraction of sp³-hybridized carbons (Fsp3) is 0.323. The van der Waals surface area contributed by atoms with Crippen LogP contribution in [0.3, 0.4) is 0 Å². The van der Waals surface area contributed by atoms with Crippen molar-refractivity contribution < 1.29 is 27.4 Å². The maximum Gasteiger partial charge on any atom is 0.323 e. The topological polar surface area (TPSA) is 141 Å². The van der Waals surface area contributed by atoms with Crippen LogP contribution >= 0.6 is 0 Å². The first-order chi connectivity index (χ1) is 20.1. The van der Waals surface area contributed by atoms with Gasteiger partial charge in [-0.3, -0.25) is 4.72 Å². The van der Waals surface area contributed by atoms with E-state index in [1.54, 1.807) is 30.3 Å². The molecule has 4 aromatic rings. The van der Waals surface area contributed by atoms with Crippen LogP contribution in [0.1, 0.15) is 45.9 Å². The maximum absolute atomic E-state index is 13.3. The minimum atomic E-state index is -3.61. The fourth-order valence-corrected chi connectivity index (χ4v) is 4.89. The van der Waals surface area contributed by atoms with Crippen molar-refractivity contribution in [2.75, 3.05) is 28.7 Å². The van der Waals surface area contributed by atoms with Gasteiger partial charge < -0.3 is 24.8 Å². The Morgan fingerprint density at radius 1 is 0.907 bits per heavy atom. The third-order valence-electron chi connectivity index (χ3n) is 6.20. The Kier molecular flexibility index (Phi) is 9.00. The van der Waals surface area contributed by atoms with Crippen LogP contribution in [0.25, 0.3) is 10.8 Å². The SMILES string of the molecule is COc1c(NC(=O)Nc2ccc(Oc3cc(C)nc(OC(C)C)n3)c3ccccc23)cc(C(C)(C)C)cc1NS(C)(=O)=O. The van der Waals surface area contributed by atoms with E-state index in [1.807, 2.05) is 65.8 Å². The van der Waals surface area contributed by atoms with Crippen LogP contribution < -0.4 is 29.6 Å². The number of anilines is 3. The van der Waals surface area contributed by atoms with E-state index in [9.17, 15) is 13.2 Å². The van der Waals surface area contributed by atoms with Crippen LogP contribution in [0.5, 0.6) is 23.4 Å². The Balaban J connectivity index is 1.65. The fourth-order valence-electron chi connectivity index (χ4n) is 4.34. The molecule has 4 rings (SSSR count). The van der Waals surface area contributed by atoms with Gasteiger partial charge in [-0.15, -0.1) is 0 Å². The minimum Gasteiger partial charge on any atom is -0.492 e. The van der Waals surface area contributed by atoms with Gasteiger partial charge in [-0.1, -0.05) is 45.0 Å². The molecule has 12 heteroatoms. The van der Waals surface area contributed by atoms with E-state index in [0.29, 0.717) is 28.7 Å². The molecule has 0 atom stereocenters. The van der Waals surface area contributed by atoms with E-state index < -0.39 is 16.1 Å². The summed E-state index contributed by atoms with van der Waals surface area (Å²) in [5.41, 5.74) is 2.21. The molecule has 0 radical (unpaired) electrons. The van der Waals surface area contributed by atoms with Crippen molar-refractivity contribution in [3.8, 4) is 23.4 Å². The zero-order valence-electron chi connectivity index (χ0n) is 25.5. The standard InChI is InChI=1S/C31H37N5O6S/c1-18(2)41-30-32-19(3)15-27(35-30)42-26-14-13-23(21-11-9-10-12-22(21)26)33-29(37)34-24-16-20(31(4,5)6)17-25(28(24)40-7)36-43(8,38)39/h9-18,36H,1-8H3,(H2,33,34,37). The van der Waals surface area contributed by atoms with Gasteiger partial charge in [-0.25, -0.2) is 18.2 Å². The van der Waals surface area contributed by atoms with Crippen molar-refractivity contribution in [2.45, 2.75) is 53.1 Å². The average Bonchev–Trinajstić information content (AvgIpc) is 2.88. The Hall–Kier alpha value is -4.58. The molecule has 0 saturated carbocycles. The molecule has 0 aliphatic carbocycles. The Bertz CT molecular complexity index is 1770. The molecule has 3 N–H and O–H groups in total. The molecule has 1 aromatic heterocycles. The summed E-state index contributed by atoms with van der Waals surface area (Å²) >= 11 is 0. The van der Waals surface area contributed by atoms with Gasteiger partial charge in [0.2, 0.25) is 15.9 Å². The lowest BCUT2D eigenvalue weighted by molar-refractivity contribution is 0.219. The Morgan fingerprint density at radius 2 is 1.56 bits per heavy atom. The number of nitrogens with zero attached hydrogens (tertiary/aromatic N) is 2. The highest BCUT2D eigenvalue weighted by Crippen LogP contribution is 2.40. The zero-order chi connectivity index (χ0) is 31.5. The van der Waals surface area contributed by atoms with Crippen molar-refractivity contribution in [1.29, 1.82) is 0 Å². The van der Waals surface area contributed by atoms with Gasteiger partial charge in [0, 0.05) is 22.5 Å². The lowest BCUT2D eigenvalue weighted by atomic mass is 9.86. The number of carbonyl (C=O) groups is 1. The van der Waals surface area contributed by atoms with Crippen LogP contribution in [0, 0.1) is 6.92 Å². The van der Waals surface area contributed by atoms with Crippen LogP contribution in [0.4, 0.5) is 21.9 Å². The van der Waals surface area contributed by atoms with Crippen molar-refractivity contribution in [3.05, 3.63) is 65.9 Å². The first-order valence-corrected chi connectivity index (χ1v) is 15.5. The summed E-state index contributed by atoms with van der Waals surface area (Å²) in [6.45, 7) is 11.6. The van der Waals surface area contributed by atoms with Gasteiger partial charge in [0.1, 0.15) is 5.75 Å². The summed E-state index contributed by atoms with van der Waals surface area (Å²) in [6, 6.07) is 15.8. The molecule has 0 unspecified atom stereocenters. The number of hydrogen-bond acceptors (Lipinski definition) is 8. The normalized spacial score (nSPS) is 11.7. The summed E-state index contributed by atoms with van der Waals surface area (Å²) in [4.78, 5) is 22.0. The highest BCUT2D eigenvalue weighted by atomic mass is 32.2. The number of urea groups is 1. The van der Waals surface area contributed by atoms with Gasteiger partial charge in [-0.05, 0) is 56.0 Å². The predicted octanol–water partition coefficient (Wildman–Crippen LogP) is 6.84. The molecule has 2 amide bonds. The molecule has 0 aliphatic heterocycles. The van der Waals surface area contributed by atoms with Gasteiger partial charge in [0.15, 0.2) is 5.75 Å². The van der Waals surface area contributed by atoms with Crippen molar-refractivity contribution in [3.63, 3.8) is 0 Å². The number of hydrogen-bond donors (Lipinski definition) is 3. The maximum atomic E-state index is 13.3. The second-order valence-electron chi connectivity index (χ2n) is 11.4. The molecule has 1 heterocycles. The number of rotatable bonds is 9. The molecule has 3 aromatic carbocycles. The first-order valence-electron chi connectivity index (χ1n) is 13.6. The van der Waals surface area contributed by atoms with E-state index in [4.69, 9.17) is 14.2 Å². The number of nitrogens with one attached hydrogen (secondary N) is 3. The average molecular weight is 608 g/mol. The number of fused-ring (bicyclic) bond motifs is 1. The minimum absolute atomic E-state index is 0.0922. The van der Waals surface area contributed by atoms with Crippen molar-refractivity contribution in [2.24, 2.45) is 0 Å². The number of benzene rings is 3. The molecule has 0 aliphatic rings. The highest BCUT2D eigenvalue weighted by molar-refractivity contribution is 7.92. The summed E-state index contributed by atoms with van der Waals surface area (Å²) in [5.74, 6) is 1.05. The third kappa shape index (κ3) is 8.04. The highest BCUT2D eigenvalue weighted by Gasteiger charge is 2.22. The Labute approximate surface area is 252 Å². The zero-order valence-corrected chi connectivity index (χ0v) is 26.3. The molecular weight excluding hydrogens is 570 g/mol. The second kappa shape index (κ2) is 12.3. The summed E-state index contributed by atoms with van der Waals surface area (Å²) in [6.07, 6.45) is 0.962. The number of aryl methyl sites for hydroxylation is 1. The van der Waals surface area contributed by atoms with Gasteiger partial charge in [0.05, 0.1) is 36.5 Å². The molecule has 0 saturated heterocycles.